The molecule has 5 nitrogen and oxygen atoms in total. The summed E-state index contributed by atoms with van der Waals surface area (Å²) in [5.74, 6) is -1.06. The van der Waals surface area contributed by atoms with E-state index in [1.807, 2.05) is 6.07 Å². The second-order valence-corrected chi connectivity index (χ2v) is 5.40. The topological polar surface area (TPSA) is 85.2 Å². The lowest BCUT2D eigenvalue weighted by Gasteiger charge is -2.23. The number of benzene rings is 1. The fourth-order valence-electron chi connectivity index (χ4n) is 1.92. The van der Waals surface area contributed by atoms with Crippen molar-refractivity contribution in [2.45, 2.75) is 6.54 Å². The van der Waals surface area contributed by atoms with Gasteiger partial charge in [-0.05, 0) is 33.6 Å². The predicted molar refractivity (Wildman–Crippen MR) is 83.0 cm³/mol. The number of rotatable bonds is 5. The molecular weight excluding hydrogens is 339 g/mol. The zero-order valence-corrected chi connectivity index (χ0v) is 12.7. The summed E-state index contributed by atoms with van der Waals surface area (Å²) in [7, 11) is 0. The maximum Gasteiger partial charge on any atom is 0.237 e. The fourth-order valence-corrected chi connectivity index (χ4v) is 2.22. The molecule has 0 aliphatic heterocycles. The van der Waals surface area contributed by atoms with Crippen molar-refractivity contribution < 1.29 is 9.18 Å². The van der Waals surface area contributed by atoms with Gasteiger partial charge in [-0.25, -0.2) is 9.37 Å². The van der Waals surface area contributed by atoms with E-state index in [9.17, 15) is 9.18 Å². The van der Waals surface area contributed by atoms with Gasteiger partial charge in [0.15, 0.2) is 11.6 Å². The van der Waals surface area contributed by atoms with Gasteiger partial charge in [0.2, 0.25) is 5.91 Å². The summed E-state index contributed by atoms with van der Waals surface area (Å²) in [6, 6.07) is 8.45. The maximum atomic E-state index is 14.0. The van der Waals surface area contributed by atoms with E-state index < -0.39 is 11.7 Å². The number of carbonyl (C=O) groups is 1. The van der Waals surface area contributed by atoms with Gasteiger partial charge in [-0.2, -0.15) is 0 Å². The van der Waals surface area contributed by atoms with Crippen LogP contribution in [0.2, 0.25) is 0 Å². The normalized spacial score (nSPS) is 10.4. The van der Waals surface area contributed by atoms with Crippen LogP contribution in [0.4, 0.5) is 15.9 Å². The summed E-state index contributed by atoms with van der Waals surface area (Å²) in [6.07, 6.45) is 1.46. The van der Waals surface area contributed by atoms with Crippen LogP contribution in [0.1, 0.15) is 5.56 Å². The molecule has 0 aliphatic carbocycles. The minimum absolute atomic E-state index is 0.0558. The van der Waals surface area contributed by atoms with Gasteiger partial charge >= 0.3 is 0 Å². The number of primary amides is 1. The number of amides is 1. The molecule has 0 saturated carbocycles. The monoisotopic (exact) mass is 352 g/mol. The smallest absolute Gasteiger partial charge is 0.237 e. The highest BCUT2D eigenvalue weighted by molar-refractivity contribution is 9.10. The minimum Gasteiger partial charge on any atom is -0.398 e. The number of hydrogen-bond donors (Lipinski definition) is 2. The van der Waals surface area contributed by atoms with Gasteiger partial charge in [0, 0.05) is 22.9 Å². The quantitative estimate of drug-likeness (QED) is 0.806. The summed E-state index contributed by atoms with van der Waals surface area (Å²) in [5, 5.41) is 0. The highest BCUT2D eigenvalue weighted by atomic mass is 79.9. The lowest BCUT2D eigenvalue weighted by atomic mass is 10.1. The van der Waals surface area contributed by atoms with Crippen molar-refractivity contribution in [3.05, 3.63) is 52.4 Å². The Morgan fingerprint density at radius 3 is 2.71 bits per heavy atom. The Labute approximate surface area is 129 Å². The first-order valence-corrected chi connectivity index (χ1v) is 6.94. The standard InChI is InChI=1S/C14H14BrFN4O/c15-10-5-11(16)14(19-6-10)20(8-13(18)21)7-9-3-1-2-4-12(9)17/h1-6H,7-8,17H2,(H2,18,21). The molecule has 1 aromatic carbocycles. The van der Waals surface area contributed by atoms with Crippen molar-refractivity contribution in [2.24, 2.45) is 5.73 Å². The van der Waals surface area contributed by atoms with Crippen LogP contribution in [0.15, 0.2) is 41.0 Å². The SMILES string of the molecule is NC(=O)CN(Cc1ccccc1N)c1ncc(Br)cc1F. The van der Waals surface area contributed by atoms with Crippen LogP contribution >= 0.6 is 15.9 Å². The molecule has 0 unspecified atom stereocenters. The zero-order valence-electron chi connectivity index (χ0n) is 11.1. The maximum absolute atomic E-state index is 14.0. The molecule has 1 aromatic heterocycles. The number of para-hydroxylation sites is 1. The molecule has 1 heterocycles. The van der Waals surface area contributed by atoms with E-state index in [1.54, 1.807) is 18.2 Å². The number of anilines is 2. The van der Waals surface area contributed by atoms with Crippen LogP contribution in [0, 0.1) is 5.82 Å². The Hall–Kier alpha value is -2.15. The number of pyridine rings is 1. The molecule has 0 fully saturated rings. The zero-order chi connectivity index (χ0) is 15.4. The molecule has 7 heteroatoms. The van der Waals surface area contributed by atoms with Crippen molar-refractivity contribution in [1.29, 1.82) is 0 Å². The number of hydrogen-bond acceptors (Lipinski definition) is 4. The Morgan fingerprint density at radius 1 is 1.38 bits per heavy atom. The van der Waals surface area contributed by atoms with E-state index in [0.29, 0.717) is 10.2 Å². The first-order valence-electron chi connectivity index (χ1n) is 6.15. The van der Waals surface area contributed by atoms with Gasteiger partial charge in [-0.3, -0.25) is 4.79 Å². The van der Waals surface area contributed by atoms with Crippen molar-refractivity contribution in [2.75, 3.05) is 17.2 Å². The second kappa shape index (κ2) is 6.53. The fraction of sp³-hybridized carbons (Fsp3) is 0.143. The van der Waals surface area contributed by atoms with Crippen molar-refractivity contribution in [3.8, 4) is 0 Å². The van der Waals surface area contributed by atoms with Crippen LogP contribution in [0.25, 0.3) is 0 Å². The molecule has 2 rings (SSSR count). The molecule has 0 aliphatic rings. The molecule has 21 heavy (non-hydrogen) atoms. The van der Waals surface area contributed by atoms with Gasteiger partial charge in [-0.1, -0.05) is 18.2 Å². The third-order valence-electron chi connectivity index (χ3n) is 2.85. The minimum atomic E-state index is -0.575. The second-order valence-electron chi connectivity index (χ2n) is 4.48. The van der Waals surface area contributed by atoms with Gasteiger partial charge in [-0.15, -0.1) is 0 Å². The third kappa shape index (κ3) is 3.91. The summed E-state index contributed by atoms with van der Waals surface area (Å²) in [6.45, 7) is 0.0844. The highest BCUT2D eigenvalue weighted by Gasteiger charge is 2.17. The van der Waals surface area contributed by atoms with Gasteiger partial charge in [0.25, 0.3) is 0 Å². The van der Waals surface area contributed by atoms with Crippen LogP contribution in [-0.4, -0.2) is 17.4 Å². The van der Waals surface area contributed by atoms with Crippen molar-refractivity contribution in [1.82, 2.24) is 4.98 Å². The summed E-state index contributed by atoms with van der Waals surface area (Å²) in [4.78, 5) is 16.7. The molecule has 2 aromatic rings. The van der Waals surface area contributed by atoms with Crippen molar-refractivity contribution in [3.63, 3.8) is 0 Å². The van der Waals surface area contributed by atoms with E-state index in [1.165, 1.54) is 17.2 Å². The number of halogens is 2. The molecular formula is C14H14BrFN4O. The van der Waals surface area contributed by atoms with Gasteiger partial charge in [0.1, 0.15) is 0 Å². The van der Waals surface area contributed by atoms with E-state index in [2.05, 4.69) is 20.9 Å². The molecule has 0 spiro atoms. The Kier molecular flexibility index (Phi) is 4.74. The number of carbonyl (C=O) groups excluding carboxylic acids is 1. The average molecular weight is 353 g/mol. The first kappa shape index (κ1) is 15.2. The van der Waals surface area contributed by atoms with Gasteiger partial charge in [0.05, 0.1) is 6.54 Å². The first-order chi connectivity index (χ1) is 9.97. The molecule has 1 amide bonds. The van der Waals surface area contributed by atoms with Gasteiger partial charge < -0.3 is 16.4 Å². The Balaban J connectivity index is 2.34. The van der Waals surface area contributed by atoms with E-state index in [0.717, 1.165) is 5.56 Å². The largest absolute Gasteiger partial charge is 0.398 e. The average Bonchev–Trinajstić information content (AvgIpc) is 2.40. The van der Waals surface area contributed by atoms with Crippen LogP contribution in [0.3, 0.4) is 0 Å². The highest BCUT2D eigenvalue weighted by Crippen LogP contribution is 2.23. The van der Waals surface area contributed by atoms with Crippen LogP contribution in [0.5, 0.6) is 0 Å². The summed E-state index contributed by atoms with van der Waals surface area (Å²) >= 11 is 3.14. The molecule has 0 radical (unpaired) electrons. The molecule has 0 bridgehead atoms. The molecule has 0 saturated heterocycles. The molecule has 4 N–H and O–H groups in total. The van der Waals surface area contributed by atoms with Crippen LogP contribution < -0.4 is 16.4 Å². The lowest BCUT2D eigenvalue weighted by molar-refractivity contribution is -0.116. The molecule has 0 atom stereocenters. The van der Waals surface area contributed by atoms with E-state index in [4.69, 9.17) is 11.5 Å². The van der Waals surface area contributed by atoms with E-state index >= 15 is 0 Å². The van der Waals surface area contributed by atoms with E-state index in [-0.39, 0.29) is 18.9 Å². The lowest BCUT2D eigenvalue weighted by Crippen LogP contribution is -2.34. The third-order valence-corrected chi connectivity index (χ3v) is 3.28. The summed E-state index contributed by atoms with van der Waals surface area (Å²) < 4.78 is 14.6. The predicted octanol–water partition coefficient (Wildman–Crippen LogP) is 2.06. The van der Waals surface area contributed by atoms with Crippen molar-refractivity contribution >= 4 is 33.3 Å². The number of nitrogen functional groups attached to an aromatic ring is 1. The number of nitrogens with zero attached hydrogens (tertiary/aromatic N) is 2. The Bertz CT molecular complexity index is 665. The number of aromatic nitrogens is 1. The van der Waals surface area contributed by atoms with Crippen LogP contribution in [-0.2, 0) is 11.3 Å². The Morgan fingerprint density at radius 2 is 2.10 bits per heavy atom. The number of nitrogens with two attached hydrogens (primary N) is 2. The summed E-state index contributed by atoms with van der Waals surface area (Å²) in [5.41, 5.74) is 12.4. The molecule has 110 valence electrons.